The van der Waals surface area contributed by atoms with Gasteiger partial charge in [-0.05, 0) is 38.3 Å². The maximum atomic E-state index is 13.5. The van der Waals surface area contributed by atoms with Crippen molar-refractivity contribution in [3.63, 3.8) is 0 Å². The van der Waals surface area contributed by atoms with E-state index in [2.05, 4.69) is 9.84 Å². The molecule has 1 aliphatic carbocycles. The van der Waals surface area contributed by atoms with Crippen molar-refractivity contribution < 1.29 is 9.21 Å². The zero-order chi connectivity index (χ0) is 21.4. The van der Waals surface area contributed by atoms with Crippen LogP contribution in [-0.2, 0) is 4.79 Å². The molecule has 0 saturated heterocycles. The quantitative estimate of drug-likeness (QED) is 0.628. The molecule has 1 fully saturated rings. The molecule has 0 bridgehead atoms. The van der Waals surface area contributed by atoms with Gasteiger partial charge in [-0.2, -0.15) is 0 Å². The van der Waals surface area contributed by atoms with Crippen LogP contribution in [0.3, 0.4) is 0 Å². The molecular weight excluding hydrogens is 376 g/mol. The van der Waals surface area contributed by atoms with Crippen molar-refractivity contribution in [2.24, 2.45) is 16.8 Å². The van der Waals surface area contributed by atoms with E-state index in [9.17, 15) is 9.59 Å². The molecule has 2 aliphatic rings. The lowest BCUT2D eigenvalue weighted by atomic mass is 9.74. The van der Waals surface area contributed by atoms with Crippen molar-refractivity contribution in [2.75, 3.05) is 0 Å². The van der Waals surface area contributed by atoms with E-state index in [0.29, 0.717) is 40.5 Å². The van der Waals surface area contributed by atoms with Crippen LogP contribution in [0.5, 0.6) is 0 Å². The number of carbonyl (C=O) groups is 1. The monoisotopic (exact) mass is 402 g/mol. The Morgan fingerprint density at radius 1 is 1.23 bits per heavy atom. The van der Waals surface area contributed by atoms with Crippen LogP contribution < -0.4 is 5.43 Å². The summed E-state index contributed by atoms with van der Waals surface area (Å²) in [5.41, 5.74) is 2.90. The van der Waals surface area contributed by atoms with Gasteiger partial charge in [-0.3, -0.25) is 14.6 Å². The highest BCUT2D eigenvalue weighted by atomic mass is 16.3. The minimum absolute atomic E-state index is 0.115. The van der Waals surface area contributed by atoms with Crippen LogP contribution in [0.4, 0.5) is 0 Å². The highest BCUT2D eigenvalue weighted by Crippen LogP contribution is 2.43. The molecule has 1 saturated carbocycles. The fraction of sp³-hybridized carbons (Fsp3) is 0.440. The summed E-state index contributed by atoms with van der Waals surface area (Å²) in [5, 5.41) is 0.474. The molecule has 4 rings (SSSR count). The first-order valence-electron chi connectivity index (χ1n) is 10.6. The molecule has 0 radical (unpaired) electrons. The molecule has 2 aromatic rings. The number of Topliss-reactive ketones (excluding diaryl/α,β-unsaturated/α-hetero) is 1. The standard InChI is InChI=1S/C25H26N2O3/c1-14-12-20(28)18-10-7-11-19(25(18)30-14)23-22(15(2)27-16(3)24(23)26-4)21(29)13-17-8-5-6-9-17/h7,10-12,17,22-23H,5-6,8-9,13H2,1-3H3. The van der Waals surface area contributed by atoms with Crippen molar-refractivity contribution in [3.05, 3.63) is 68.6 Å². The largest absolute Gasteiger partial charge is 0.461 e. The normalized spacial score (nSPS) is 22.3. The molecule has 5 nitrogen and oxygen atoms in total. The number of hydrogen-bond acceptors (Lipinski definition) is 4. The third-order valence-corrected chi connectivity index (χ3v) is 6.47. The molecule has 0 spiro atoms. The summed E-state index contributed by atoms with van der Waals surface area (Å²) < 4.78 is 5.98. The minimum atomic E-state index is -0.505. The average molecular weight is 402 g/mol. The highest BCUT2D eigenvalue weighted by molar-refractivity contribution is 6.07. The Balaban J connectivity index is 1.88. The van der Waals surface area contributed by atoms with Gasteiger partial charge in [0, 0.05) is 29.8 Å². The zero-order valence-electron chi connectivity index (χ0n) is 17.7. The maximum Gasteiger partial charge on any atom is 0.194 e. The number of para-hydroxylation sites is 1. The summed E-state index contributed by atoms with van der Waals surface area (Å²) in [5.74, 6) is 0.0771. The van der Waals surface area contributed by atoms with Gasteiger partial charge in [-0.15, -0.1) is 0 Å². The van der Waals surface area contributed by atoms with Gasteiger partial charge in [0.25, 0.3) is 0 Å². The summed E-state index contributed by atoms with van der Waals surface area (Å²) in [7, 11) is 0. The molecule has 30 heavy (non-hydrogen) atoms. The highest BCUT2D eigenvalue weighted by Gasteiger charge is 2.40. The number of benzene rings is 1. The summed E-state index contributed by atoms with van der Waals surface area (Å²) in [6, 6.07) is 6.89. The van der Waals surface area contributed by atoms with Crippen LogP contribution in [-0.4, -0.2) is 11.5 Å². The predicted molar refractivity (Wildman–Crippen MR) is 117 cm³/mol. The SMILES string of the molecule is [C-]#[N+]C1=C(C)N=C(C)C(C(=O)CC2CCCC2)C1c1cccc2c(=O)cc(C)oc12. The number of aliphatic imine (C=N–C) groups is 1. The van der Waals surface area contributed by atoms with Gasteiger partial charge in [-0.25, -0.2) is 4.85 Å². The summed E-state index contributed by atoms with van der Waals surface area (Å²) in [4.78, 5) is 34.4. The first-order valence-corrected chi connectivity index (χ1v) is 10.6. The van der Waals surface area contributed by atoms with Crippen LogP contribution in [0, 0.1) is 25.3 Å². The third kappa shape index (κ3) is 3.52. The molecule has 1 aromatic heterocycles. The van der Waals surface area contributed by atoms with Crippen LogP contribution in [0.2, 0.25) is 0 Å². The fourth-order valence-corrected chi connectivity index (χ4v) is 5.10. The van der Waals surface area contributed by atoms with Gasteiger partial charge in [0.05, 0.1) is 17.9 Å². The Bertz CT molecular complexity index is 1170. The van der Waals surface area contributed by atoms with Crippen LogP contribution in [0.25, 0.3) is 15.8 Å². The Hall–Kier alpha value is -3.00. The lowest BCUT2D eigenvalue weighted by molar-refractivity contribution is -0.122. The molecule has 1 aliphatic heterocycles. The van der Waals surface area contributed by atoms with Gasteiger partial charge >= 0.3 is 0 Å². The number of fused-ring (bicyclic) bond motifs is 1. The smallest absolute Gasteiger partial charge is 0.194 e. The second-order valence-electron chi connectivity index (χ2n) is 8.56. The fourth-order valence-electron chi connectivity index (χ4n) is 5.10. The van der Waals surface area contributed by atoms with E-state index in [4.69, 9.17) is 11.0 Å². The maximum absolute atomic E-state index is 13.5. The number of hydrogen-bond donors (Lipinski definition) is 0. The van der Waals surface area contributed by atoms with Crippen LogP contribution >= 0.6 is 0 Å². The molecule has 5 heteroatoms. The van der Waals surface area contributed by atoms with Gasteiger partial charge in [0.2, 0.25) is 0 Å². The molecule has 154 valence electrons. The van der Waals surface area contributed by atoms with Crippen molar-refractivity contribution in [2.45, 2.75) is 58.8 Å². The molecule has 0 N–H and O–H groups in total. The molecule has 0 amide bonds. The van der Waals surface area contributed by atoms with Crippen molar-refractivity contribution >= 4 is 22.5 Å². The van der Waals surface area contributed by atoms with Crippen molar-refractivity contribution in [1.82, 2.24) is 0 Å². The van der Waals surface area contributed by atoms with Gasteiger partial charge < -0.3 is 4.42 Å². The third-order valence-electron chi connectivity index (χ3n) is 6.47. The van der Waals surface area contributed by atoms with E-state index in [1.807, 2.05) is 19.9 Å². The number of ketones is 1. The van der Waals surface area contributed by atoms with Gasteiger partial charge in [0.1, 0.15) is 17.1 Å². The topological polar surface area (TPSA) is 64.0 Å². The predicted octanol–water partition coefficient (Wildman–Crippen LogP) is 5.58. The summed E-state index contributed by atoms with van der Waals surface area (Å²) in [6.45, 7) is 13.2. The second-order valence-corrected chi connectivity index (χ2v) is 8.56. The molecule has 2 heterocycles. The zero-order valence-corrected chi connectivity index (χ0v) is 17.7. The number of rotatable bonds is 4. The molecular formula is C25H26N2O3. The van der Waals surface area contributed by atoms with E-state index >= 15 is 0 Å². The van der Waals surface area contributed by atoms with Crippen LogP contribution in [0.1, 0.15) is 63.2 Å². The van der Waals surface area contributed by atoms with Gasteiger partial charge in [0.15, 0.2) is 11.1 Å². The lowest BCUT2D eigenvalue weighted by Crippen LogP contribution is -2.33. The Morgan fingerprint density at radius 3 is 2.67 bits per heavy atom. The van der Waals surface area contributed by atoms with Crippen molar-refractivity contribution in [3.8, 4) is 0 Å². The number of carbonyl (C=O) groups excluding carboxylic acids is 1. The van der Waals surface area contributed by atoms with E-state index in [0.717, 1.165) is 24.1 Å². The minimum Gasteiger partial charge on any atom is -0.461 e. The second kappa shape index (κ2) is 8.02. The van der Waals surface area contributed by atoms with E-state index in [1.54, 1.807) is 19.1 Å². The van der Waals surface area contributed by atoms with E-state index in [1.165, 1.54) is 18.9 Å². The molecule has 1 aromatic carbocycles. The van der Waals surface area contributed by atoms with Crippen molar-refractivity contribution in [1.29, 1.82) is 0 Å². The Labute approximate surface area is 176 Å². The average Bonchev–Trinajstić information content (AvgIpc) is 3.20. The first-order chi connectivity index (χ1) is 14.4. The van der Waals surface area contributed by atoms with E-state index in [-0.39, 0.29) is 11.2 Å². The van der Waals surface area contributed by atoms with E-state index < -0.39 is 11.8 Å². The number of allylic oxidation sites excluding steroid dienone is 2. The molecule has 2 unspecified atom stereocenters. The Morgan fingerprint density at radius 2 is 1.97 bits per heavy atom. The van der Waals surface area contributed by atoms with Crippen LogP contribution in [0.15, 0.2) is 49.9 Å². The Kier molecular flexibility index (Phi) is 5.42. The number of nitrogens with zero attached hydrogens (tertiary/aromatic N) is 2. The first kappa shape index (κ1) is 20.3. The molecule has 2 atom stereocenters. The van der Waals surface area contributed by atoms with Gasteiger partial charge in [-0.1, -0.05) is 37.8 Å². The summed E-state index contributed by atoms with van der Waals surface area (Å²) in [6.07, 6.45) is 5.06. The number of aryl methyl sites for hydroxylation is 1. The summed E-state index contributed by atoms with van der Waals surface area (Å²) >= 11 is 0. The lowest BCUT2D eigenvalue weighted by Gasteiger charge is -2.31.